The second kappa shape index (κ2) is 5.18. The van der Waals surface area contributed by atoms with Gasteiger partial charge in [-0.15, -0.1) is 0 Å². The number of hydrogen-bond donors (Lipinski definition) is 1. The number of rotatable bonds is 5. The predicted octanol–water partition coefficient (Wildman–Crippen LogP) is 1.01. The van der Waals surface area contributed by atoms with Gasteiger partial charge < -0.3 is 15.2 Å². The number of fused-ring (bicyclic) bond motifs is 1. The standard InChI is InChI=1S/C11H17N5O2/c1-4-7(5-17-2)16-9-8(15-11(16)12)10(18-3)14-6-13-9/h6-7H,4-5H2,1-3H3,(H2,12,15). The first kappa shape index (κ1) is 12.6. The summed E-state index contributed by atoms with van der Waals surface area (Å²) >= 11 is 0. The molecule has 2 N–H and O–H groups in total. The van der Waals surface area contributed by atoms with Gasteiger partial charge in [0.2, 0.25) is 11.8 Å². The molecule has 7 heteroatoms. The number of aromatic nitrogens is 4. The first-order valence-corrected chi connectivity index (χ1v) is 5.74. The van der Waals surface area contributed by atoms with Crippen molar-refractivity contribution in [1.82, 2.24) is 19.5 Å². The lowest BCUT2D eigenvalue weighted by molar-refractivity contribution is 0.155. The van der Waals surface area contributed by atoms with Crippen LogP contribution in [0.15, 0.2) is 6.33 Å². The molecule has 0 aromatic carbocycles. The number of imidazole rings is 1. The van der Waals surface area contributed by atoms with Crippen LogP contribution in [-0.4, -0.2) is 40.3 Å². The second-order valence-electron chi connectivity index (χ2n) is 3.91. The highest BCUT2D eigenvalue weighted by Crippen LogP contribution is 2.27. The Morgan fingerprint density at radius 1 is 1.39 bits per heavy atom. The first-order valence-electron chi connectivity index (χ1n) is 5.74. The highest BCUT2D eigenvalue weighted by atomic mass is 16.5. The smallest absolute Gasteiger partial charge is 0.245 e. The van der Waals surface area contributed by atoms with Gasteiger partial charge in [-0.05, 0) is 6.42 Å². The summed E-state index contributed by atoms with van der Waals surface area (Å²) in [5.74, 6) is 0.824. The summed E-state index contributed by atoms with van der Waals surface area (Å²) in [5, 5.41) is 0. The monoisotopic (exact) mass is 251 g/mol. The van der Waals surface area contributed by atoms with Crippen molar-refractivity contribution in [2.45, 2.75) is 19.4 Å². The minimum absolute atomic E-state index is 0.0969. The molecule has 7 nitrogen and oxygen atoms in total. The molecule has 0 saturated carbocycles. The van der Waals surface area contributed by atoms with Gasteiger partial charge in [0.15, 0.2) is 11.2 Å². The van der Waals surface area contributed by atoms with E-state index in [0.717, 1.165) is 6.42 Å². The zero-order valence-electron chi connectivity index (χ0n) is 10.8. The van der Waals surface area contributed by atoms with E-state index < -0.39 is 0 Å². The average molecular weight is 251 g/mol. The molecule has 0 aliphatic rings. The normalized spacial score (nSPS) is 12.8. The van der Waals surface area contributed by atoms with Crippen LogP contribution < -0.4 is 10.5 Å². The lowest BCUT2D eigenvalue weighted by atomic mass is 10.2. The van der Waals surface area contributed by atoms with E-state index in [-0.39, 0.29) is 6.04 Å². The molecule has 0 radical (unpaired) electrons. The Bertz CT molecular complexity index is 539. The molecule has 0 aliphatic carbocycles. The molecule has 18 heavy (non-hydrogen) atoms. The molecule has 0 spiro atoms. The number of nitrogens with zero attached hydrogens (tertiary/aromatic N) is 4. The Labute approximate surface area is 105 Å². The Balaban J connectivity index is 2.59. The fraction of sp³-hybridized carbons (Fsp3) is 0.545. The van der Waals surface area contributed by atoms with E-state index in [1.807, 2.05) is 4.57 Å². The predicted molar refractivity (Wildman–Crippen MR) is 67.5 cm³/mol. The SMILES string of the molecule is CCC(COC)n1c(N)nc2c(OC)ncnc21. The number of anilines is 1. The topological polar surface area (TPSA) is 88.1 Å². The lowest BCUT2D eigenvalue weighted by Crippen LogP contribution is -2.16. The molecule has 2 aromatic heterocycles. The number of nitrogen functional groups attached to an aromatic ring is 1. The first-order chi connectivity index (χ1) is 8.72. The van der Waals surface area contributed by atoms with E-state index in [4.69, 9.17) is 15.2 Å². The van der Waals surface area contributed by atoms with Gasteiger partial charge in [-0.25, -0.2) is 9.97 Å². The van der Waals surface area contributed by atoms with E-state index in [1.165, 1.54) is 6.33 Å². The van der Waals surface area contributed by atoms with Gasteiger partial charge in [-0.1, -0.05) is 6.92 Å². The molecule has 2 rings (SSSR count). The van der Waals surface area contributed by atoms with E-state index in [2.05, 4.69) is 21.9 Å². The van der Waals surface area contributed by atoms with Gasteiger partial charge in [0.25, 0.3) is 0 Å². The van der Waals surface area contributed by atoms with Crippen LogP contribution in [0.2, 0.25) is 0 Å². The summed E-state index contributed by atoms with van der Waals surface area (Å²) in [6.45, 7) is 2.62. The molecule has 98 valence electrons. The molecule has 1 atom stereocenters. The largest absolute Gasteiger partial charge is 0.479 e. The van der Waals surface area contributed by atoms with Crippen molar-refractivity contribution in [3.63, 3.8) is 0 Å². The summed E-state index contributed by atoms with van der Waals surface area (Å²) in [4.78, 5) is 12.5. The number of nitrogens with two attached hydrogens (primary N) is 1. The van der Waals surface area contributed by atoms with Crippen LogP contribution in [0.1, 0.15) is 19.4 Å². The maximum atomic E-state index is 5.96. The molecule has 0 bridgehead atoms. The Morgan fingerprint density at radius 3 is 2.78 bits per heavy atom. The maximum Gasteiger partial charge on any atom is 0.245 e. The van der Waals surface area contributed by atoms with E-state index in [0.29, 0.717) is 29.6 Å². The van der Waals surface area contributed by atoms with Gasteiger partial charge in [0.05, 0.1) is 19.8 Å². The molecule has 0 saturated heterocycles. The van der Waals surface area contributed by atoms with Gasteiger partial charge >= 0.3 is 0 Å². The van der Waals surface area contributed by atoms with Crippen molar-refractivity contribution < 1.29 is 9.47 Å². The summed E-state index contributed by atoms with van der Waals surface area (Å²) < 4.78 is 12.2. The van der Waals surface area contributed by atoms with Gasteiger partial charge in [0.1, 0.15) is 6.33 Å². The fourth-order valence-electron chi connectivity index (χ4n) is 1.98. The van der Waals surface area contributed by atoms with Gasteiger partial charge in [-0.2, -0.15) is 4.98 Å². The van der Waals surface area contributed by atoms with Crippen LogP contribution in [0.25, 0.3) is 11.2 Å². The van der Waals surface area contributed by atoms with Crippen molar-refractivity contribution in [1.29, 1.82) is 0 Å². The van der Waals surface area contributed by atoms with Crippen molar-refractivity contribution in [3.05, 3.63) is 6.33 Å². The van der Waals surface area contributed by atoms with Crippen molar-refractivity contribution >= 4 is 17.1 Å². The second-order valence-corrected chi connectivity index (χ2v) is 3.91. The van der Waals surface area contributed by atoms with Gasteiger partial charge in [0, 0.05) is 7.11 Å². The Hall–Kier alpha value is -1.89. The Morgan fingerprint density at radius 2 is 2.17 bits per heavy atom. The van der Waals surface area contributed by atoms with Crippen LogP contribution in [0, 0.1) is 0 Å². The zero-order chi connectivity index (χ0) is 13.1. The van der Waals surface area contributed by atoms with Crippen LogP contribution in [-0.2, 0) is 4.74 Å². The van der Waals surface area contributed by atoms with Crippen LogP contribution >= 0.6 is 0 Å². The van der Waals surface area contributed by atoms with Crippen molar-refractivity contribution in [2.75, 3.05) is 26.6 Å². The van der Waals surface area contributed by atoms with Crippen molar-refractivity contribution in [2.24, 2.45) is 0 Å². The minimum atomic E-state index is 0.0969. The van der Waals surface area contributed by atoms with Crippen LogP contribution in [0.5, 0.6) is 5.88 Å². The molecule has 1 unspecified atom stereocenters. The fourth-order valence-corrected chi connectivity index (χ4v) is 1.98. The number of ether oxygens (including phenoxy) is 2. The molecule has 2 aromatic rings. The summed E-state index contributed by atoms with van der Waals surface area (Å²) in [7, 11) is 3.21. The van der Waals surface area contributed by atoms with E-state index in [9.17, 15) is 0 Å². The van der Waals surface area contributed by atoms with E-state index in [1.54, 1.807) is 14.2 Å². The summed E-state index contributed by atoms with van der Waals surface area (Å²) in [5.41, 5.74) is 7.20. The quantitative estimate of drug-likeness (QED) is 0.853. The van der Waals surface area contributed by atoms with Crippen LogP contribution in [0.3, 0.4) is 0 Å². The zero-order valence-corrected chi connectivity index (χ0v) is 10.8. The highest BCUT2D eigenvalue weighted by molar-refractivity contribution is 5.79. The Kier molecular flexibility index (Phi) is 3.61. The molecule has 0 amide bonds. The molecule has 2 heterocycles. The summed E-state index contributed by atoms with van der Waals surface area (Å²) in [6.07, 6.45) is 2.31. The molecule has 0 aliphatic heterocycles. The third-order valence-electron chi connectivity index (χ3n) is 2.86. The lowest BCUT2D eigenvalue weighted by Gasteiger charge is -2.17. The van der Waals surface area contributed by atoms with E-state index >= 15 is 0 Å². The number of methoxy groups -OCH3 is 2. The third-order valence-corrected chi connectivity index (χ3v) is 2.86. The van der Waals surface area contributed by atoms with Crippen LogP contribution in [0.4, 0.5) is 5.95 Å². The average Bonchev–Trinajstić information content (AvgIpc) is 2.72. The van der Waals surface area contributed by atoms with Gasteiger partial charge in [-0.3, -0.25) is 4.57 Å². The molecule has 0 fully saturated rings. The van der Waals surface area contributed by atoms with Crippen molar-refractivity contribution in [3.8, 4) is 5.88 Å². The minimum Gasteiger partial charge on any atom is -0.479 e. The summed E-state index contributed by atoms with van der Waals surface area (Å²) in [6, 6.07) is 0.0969. The maximum absolute atomic E-state index is 5.96. The highest BCUT2D eigenvalue weighted by Gasteiger charge is 2.20. The molecular formula is C11H17N5O2. The molecular weight excluding hydrogens is 234 g/mol. The number of hydrogen-bond acceptors (Lipinski definition) is 6. The third kappa shape index (κ3) is 1.97.